The van der Waals surface area contributed by atoms with Crippen LogP contribution in [0.5, 0.6) is 0 Å². The summed E-state index contributed by atoms with van der Waals surface area (Å²) in [6, 6.07) is 23.9. The Morgan fingerprint density at radius 3 is 1.76 bits per heavy atom. The van der Waals surface area contributed by atoms with Gasteiger partial charge in [0.05, 0.1) is 10.9 Å². The Hall–Kier alpha value is -2.08. The van der Waals surface area contributed by atoms with E-state index < -0.39 is 21.1 Å². The number of nitrogens with one attached hydrogen (secondary N) is 1. The Bertz CT molecular complexity index is 1410. The van der Waals surface area contributed by atoms with E-state index in [4.69, 9.17) is 17.3 Å². The van der Waals surface area contributed by atoms with Crippen LogP contribution in [0.1, 0.15) is 57.4 Å². The van der Waals surface area contributed by atoms with Crippen molar-refractivity contribution < 1.29 is 26.7 Å². The van der Waals surface area contributed by atoms with Crippen LogP contribution in [-0.4, -0.2) is 8.42 Å². The Morgan fingerprint density at radius 1 is 0.842 bits per heavy atom. The van der Waals surface area contributed by atoms with Gasteiger partial charge in [0.15, 0.2) is 5.00 Å². The number of hydrogen-bond acceptors (Lipinski definition) is 3. The van der Waals surface area contributed by atoms with Crippen molar-refractivity contribution in [2.24, 2.45) is 11.1 Å². The minimum atomic E-state index is -3.90. The third-order valence-corrected chi connectivity index (χ3v) is 11.1. The van der Waals surface area contributed by atoms with Crippen molar-refractivity contribution in [1.82, 2.24) is 4.72 Å². The molecule has 0 aliphatic heterocycles. The number of allylic oxidation sites excluding steroid dienone is 4. The molecule has 0 amide bonds. The second-order valence-electron chi connectivity index (χ2n) is 10.2. The van der Waals surface area contributed by atoms with Crippen molar-refractivity contribution in [3.05, 3.63) is 123 Å². The molecule has 0 heterocycles. The molecule has 7 heteroatoms. The van der Waals surface area contributed by atoms with E-state index in [-0.39, 0.29) is 10.3 Å². The van der Waals surface area contributed by atoms with Gasteiger partial charge in [0.25, 0.3) is 0 Å². The Morgan fingerprint density at radius 2 is 1.34 bits per heavy atom. The van der Waals surface area contributed by atoms with Gasteiger partial charge in [-0.3, -0.25) is 0 Å². The Labute approximate surface area is 243 Å². The third-order valence-electron chi connectivity index (χ3n) is 7.29. The molecule has 0 bridgehead atoms. The normalized spacial score (nSPS) is 17.5. The van der Waals surface area contributed by atoms with Crippen molar-refractivity contribution in [3.63, 3.8) is 0 Å². The van der Waals surface area contributed by atoms with Gasteiger partial charge in [0.1, 0.15) is 0 Å². The first kappa shape index (κ1) is 30.5. The van der Waals surface area contributed by atoms with Crippen molar-refractivity contribution in [2.45, 2.75) is 57.5 Å². The van der Waals surface area contributed by atoms with E-state index in [0.29, 0.717) is 5.56 Å². The first-order valence-corrected chi connectivity index (χ1v) is 15.1. The van der Waals surface area contributed by atoms with E-state index in [0.717, 1.165) is 11.1 Å². The Balaban J connectivity index is 0.000000304. The first-order chi connectivity index (χ1) is 17.7. The van der Waals surface area contributed by atoms with Crippen molar-refractivity contribution in [1.29, 1.82) is 0 Å². The van der Waals surface area contributed by atoms with E-state index in [1.165, 1.54) is 20.9 Å². The average molecular weight is 639 g/mol. The zero-order chi connectivity index (χ0) is 28.3. The Kier molecular flexibility index (Phi) is 9.60. The molecule has 3 N–H and O–H groups in total. The molecule has 2 atom stereocenters. The number of alkyl halides is 1. The molecule has 0 fully saturated rings. The number of sulfonamides is 1. The number of nitrogens with two attached hydrogens (primary N) is 1. The van der Waals surface area contributed by atoms with Crippen molar-refractivity contribution >= 4 is 21.6 Å². The van der Waals surface area contributed by atoms with E-state index in [1.807, 2.05) is 43.3 Å². The number of hydrogen-bond donors (Lipinski definition) is 2. The van der Waals surface area contributed by atoms with Gasteiger partial charge in [-0.1, -0.05) is 90.0 Å². The zero-order valence-electron chi connectivity index (χ0n) is 22.7. The molecule has 0 unspecified atom stereocenters. The van der Waals surface area contributed by atoms with Crippen LogP contribution in [0, 0.1) is 12.3 Å². The van der Waals surface area contributed by atoms with Crippen LogP contribution < -0.4 is 10.5 Å². The summed E-state index contributed by atoms with van der Waals surface area (Å²) in [4.78, 5) is -1.42. The standard InChI is InChI=1S/C21H21ClN2O2S.C10H15.Rh/c1-16-12-14-19(15-13-16)27(25,26)24-21(22,18-10-6-3-7-11-18)20(23)17-8-4-2-5-9-17;1-7-6-10(4,5)9(3)8(7)2;/h2-15,20,24H,23H2,1H3;1-5H3;/t20-,21-;;/m1../s1. The van der Waals surface area contributed by atoms with E-state index >= 15 is 0 Å². The fraction of sp³-hybridized carbons (Fsp3) is 0.290. The summed E-state index contributed by atoms with van der Waals surface area (Å²) in [5, 5.41) is 0. The van der Waals surface area contributed by atoms with Gasteiger partial charge >= 0.3 is 79.2 Å². The fourth-order valence-corrected chi connectivity index (χ4v) is 6.80. The van der Waals surface area contributed by atoms with Gasteiger partial charge in [-0.2, -0.15) is 4.72 Å². The van der Waals surface area contributed by atoms with E-state index in [2.05, 4.69) is 57.6 Å². The largest absolute Gasteiger partial charge is 0.321 e. The zero-order valence-corrected chi connectivity index (χ0v) is 25.9. The molecule has 0 radical (unpaired) electrons. The molecule has 3 aromatic rings. The van der Waals surface area contributed by atoms with Gasteiger partial charge in [0.2, 0.25) is 10.0 Å². The fourth-order valence-electron chi connectivity index (χ4n) is 4.38. The molecule has 1 aliphatic carbocycles. The van der Waals surface area contributed by atoms with E-state index in [1.54, 1.807) is 48.5 Å². The number of halogens is 1. The molecular weight excluding hydrogens is 603 g/mol. The van der Waals surface area contributed by atoms with Gasteiger partial charge in [-0.25, -0.2) is 8.42 Å². The summed E-state index contributed by atoms with van der Waals surface area (Å²) in [7, 11) is -3.90. The summed E-state index contributed by atoms with van der Waals surface area (Å²) in [5.74, 6) is 0. The van der Waals surface area contributed by atoms with Gasteiger partial charge in [-0.15, -0.1) is 0 Å². The minimum absolute atomic E-state index is 0.134. The van der Waals surface area contributed by atoms with Crippen LogP contribution in [0.15, 0.2) is 111 Å². The second kappa shape index (κ2) is 12.0. The first-order valence-electron chi connectivity index (χ1n) is 12.4. The molecule has 38 heavy (non-hydrogen) atoms. The van der Waals surface area contributed by atoms with Crippen LogP contribution >= 0.6 is 11.6 Å². The predicted octanol–water partition coefficient (Wildman–Crippen LogP) is 7.25. The van der Waals surface area contributed by atoms with Crippen molar-refractivity contribution in [2.75, 3.05) is 0 Å². The van der Waals surface area contributed by atoms with Crippen LogP contribution in [0.4, 0.5) is 0 Å². The number of benzene rings is 3. The van der Waals surface area contributed by atoms with Gasteiger partial charge < -0.3 is 5.73 Å². The summed E-state index contributed by atoms with van der Waals surface area (Å²) < 4.78 is 30.1. The average Bonchev–Trinajstić information content (AvgIpc) is 3.04. The molecular formula is C31H36ClN2O2RhS. The summed E-state index contributed by atoms with van der Waals surface area (Å²) >= 11 is 9.97. The molecule has 1 aliphatic rings. The van der Waals surface area contributed by atoms with Gasteiger partial charge in [-0.05, 0) is 30.2 Å². The quantitative estimate of drug-likeness (QED) is 0.170. The summed E-state index contributed by atoms with van der Waals surface area (Å²) in [6.07, 6.45) is 0. The maximum Gasteiger partial charge on any atom is 0.242 e. The molecule has 0 spiro atoms. The molecule has 0 saturated carbocycles. The summed E-state index contributed by atoms with van der Waals surface area (Å²) in [5.41, 5.74) is 13.4. The van der Waals surface area contributed by atoms with E-state index in [9.17, 15) is 8.42 Å². The number of rotatable bonds is 6. The topological polar surface area (TPSA) is 72.2 Å². The van der Waals surface area contributed by atoms with Crippen LogP contribution in [0.25, 0.3) is 0 Å². The molecule has 4 rings (SSSR count). The van der Waals surface area contributed by atoms with Gasteiger partial charge in [0, 0.05) is 0 Å². The second-order valence-corrected chi connectivity index (χ2v) is 13.3. The SMILES string of the molecule is CC1=C(C)C(C)(C)[C]([Rh])=C1C.Cc1ccc(S(=O)(=O)N[C@](Cl)(c2ccccc2)[C@H](N)c2ccccc2)cc1. The maximum atomic E-state index is 13.0. The third kappa shape index (κ3) is 6.38. The minimum Gasteiger partial charge on any atom is -0.321 e. The summed E-state index contributed by atoms with van der Waals surface area (Å²) in [6.45, 7) is 13.1. The molecule has 4 nitrogen and oxygen atoms in total. The van der Waals surface area contributed by atoms with Crippen LogP contribution in [0.3, 0.4) is 0 Å². The van der Waals surface area contributed by atoms with Crippen molar-refractivity contribution in [3.8, 4) is 0 Å². The van der Waals surface area contributed by atoms with Crippen LogP contribution in [0.2, 0.25) is 0 Å². The molecule has 0 aromatic heterocycles. The number of aryl methyl sites for hydroxylation is 1. The predicted molar refractivity (Wildman–Crippen MR) is 154 cm³/mol. The monoisotopic (exact) mass is 638 g/mol. The molecule has 0 saturated heterocycles. The molecule has 3 aromatic carbocycles. The van der Waals surface area contributed by atoms with Crippen LogP contribution in [-0.2, 0) is 33.3 Å². The smallest absolute Gasteiger partial charge is 0.242 e. The molecule has 204 valence electrons. The maximum absolute atomic E-state index is 13.0.